The van der Waals surface area contributed by atoms with Crippen LogP contribution in [-0.2, 0) is 19.4 Å². The number of benzene rings is 2. The van der Waals surface area contributed by atoms with Crippen LogP contribution in [-0.4, -0.2) is 20.7 Å². The summed E-state index contributed by atoms with van der Waals surface area (Å²) in [4.78, 5) is 30.4. The van der Waals surface area contributed by atoms with Gasteiger partial charge in [-0.3, -0.25) is 14.9 Å². The van der Waals surface area contributed by atoms with Crippen molar-refractivity contribution in [2.45, 2.75) is 45.6 Å². The summed E-state index contributed by atoms with van der Waals surface area (Å²) >= 11 is 1.39. The summed E-state index contributed by atoms with van der Waals surface area (Å²) in [6.45, 7) is 2.44. The summed E-state index contributed by atoms with van der Waals surface area (Å²) in [5.74, 6) is -0.364. The Labute approximate surface area is 189 Å². The van der Waals surface area contributed by atoms with Gasteiger partial charge in [-0.1, -0.05) is 37.3 Å². The number of aromatic nitrogens is 3. The predicted molar refractivity (Wildman–Crippen MR) is 128 cm³/mol. The first-order valence-electron chi connectivity index (χ1n) is 11.0. The smallest absolute Gasteiger partial charge is 0.278 e. The van der Waals surface area contributed by atoms with Crippen LogP contribution in [0.3, 0.4) is 0 Å². The van der Waals surface area contributed by atoms with E-state index in [4.69, 9.17) is 0 Å². The average molecular weight is 445 g/mol. The molecule has 2 heterocycles. The second kappa shape index (κ2) is 8.67. The number of nitrogens with one attached hydrogen (secondary N) is 1. The summed E-state index contributed by atoms with van der Waals surface area (Å²) in [6.07, 6.45) is 5.50. The van der Waals surface area contributed by atoms with E-state index >= 15 is 0 Å². The zero-order valence-corrected chi connectivity index (χ0v) is 18.7. The number of fused-ring (bicyclic) bond motifs is 2. The zero-order valence-electron chi connectivity index (χ0n) is 17.9. The van der Waals surface area contributed by atoms with Crippen molar-refractivity contribution < 1.29 is 4.79 Å². The summed E-state index contributed by atoms with van der Waals surface area (Å²) in [5, 5.41) is 10.8. The van der Waals surface area contributed by atoms with Gasteiger partial charge in [-0.15, -0.1) is 11.3 Å². The SMILES string of the molecule is CCCn1nc(C(=O)Nc2nc(-c3ccc4c(c3)CCCC4)cs2)c2ccccc2c1=O. The first-order chi connectivity index (χ1) is 15.6. The van der Waals surface area contributed by atoms with Crippen LogP contribution in [0.5, 0.6) is 0 Å². The van der Waals surface area contributed by atoms with Gasteiger partial charge in [0.25, 0.3) is 11.5 Å². The predicted octanol–water partition coefficient (Wildman–Crippen LogP) is 5.06. The molecule has 5 rings (SSSR count). The standard InChI is InChI=1S/C25H24N4O2S/c1-2-13-29-24(31)20-10-6-5-9-19(20)22(28-29)23(30)27-25-26-21(15-32-25)18-12-11-16-7-3-4-8-17(16)14-18/h5-6,9-12,14-15H,2-4,7-8,13H2,1H3,(H,26,27,30). The number of carbonyl (C=O) groups excluding carboxylic acids is 1. The molecule has 0 spiro atoms. The topological polar surface area (TPSA) is 76.9 Å². The molecule has 0 fully saturated rings. The van der Waals surface area contributed by atoms with Gasteiger partial charge < -0.3 is 0 Å². The first-order valence-corrected chi connectivity index (χ1v) is 11.9. The highest BCUT2D eigenvalue weighted by Gasteiger charge is 2.18. The third-order valence-electron chi connectivity index (χ3n) is 5.89. The third-order valence-corrected chi connectivity index (χ3v) is 6.64. The monoisotopic (exact) mass is 444 g/mol. The van der Waals surface area contributed by atoms with Crippen molar-refractivity contribution in [1.82, 2.24) is 14.8 Å². The highest BCUT2D eigenvalue weighted by Crippen LogP contribution is 2.30. The maximum absolute atomic E-state index is 13.1. The molecule has 2 aromatic heterocycles. The van der Waals surface area contributed by atoms with Crippen molar-refractivity contribution in [2.75, 3.05) is 5.32 Å². The number of carbonyl (C=O) groups is 1. The molecule has 1 N–H and O–H groups in total. The van der Waals surface area contributed by atoms with E-state index in [9.17, 15) is 9.59 Å². The number of amides is 1. The molecule has 6 nitrogen and oxygen atoms in total. The Balaban J connectivity index is 1.44. The van der Waals surface area contributed by atoms with Crippen LogP contribution in [0.4, 0.5) is 5.13 Å². The quantitative estimate of drug-likeness (QED) is 0.467. The van der Waals surface area contributed by atoms with Crippen LogP contribution in [0.2, 0.25) is 0 Å². The van der Waals surface area contributed by atoms with Gasteiger partial charge in [-0.2, -0.15) is 5.10 Å². The largest absolute Gasteiger partial charge is 0.296 e. The molecule has 4 aromatic rings. The summed E-state index contributed by atoms with van der Waals surface area (Å²) < 4.78 is 1.37. The van der Waals surface area contributed by atoms with Crippen molar-refractivity contribution in [2.24, 2.45) is 0 Å². The highest BCUT2D eigenvalue weighted by molar-refractivity contribution is 7.14. The number of rotatable bonds is 5. The van der Waals surface area contributed by atoms with Crippen LogP contribution >= 0.6 is 11.3 Å². The molecule has 0 saturated heterocycles. The van der Waals surface area contributed by atoms with Gasteiger partial charge in [0.15, 0.2) is 10.8 Å². The summed E-state index contributed by atoms with van der Waals surface area (Å²) in [7, 11) is 0. The number of aryl methyl sites for hydroxylation is 3. The Bertz CT molecular complexity index is 1370. The lowest BCUT2D eigenvalue weighted by atomic mass is 9.90. The minimum absolute atomic E-state index is 0.178. The normalized spacial score (nSPS) is 13.2. The summed E-state index contributed by atoms with van der Waals surface area (Å²) in [5.41, 5.74) is 4.82. The lowest BCUT2D eigenvalue weighted by Crippen LogP contribution is -2.27. The molecule has 32 heavy (non-hydrogen) atoms. The maximum Gasteiger partial charge on any atom is 0.278 e. The Kier molecular flexibility index (Phi) is 5.57. The van der Waals surface area contributed by atoms with Crippen molar-refractivity contribution in [1.29, 1.82) is 0 Å². The number of hydrogen-bond donors (Lipinski definition) is 1. The molecule has 0 radical (unpaired) electrons. The van der Waals surface area contributed by atoms with E-state index in [2.05, 4.69) is 33.6 Å². The van der Waals surface area contributed by atoms with Gasteiger partial charge in [0.05, 0.1) is 11.1 Å². The summed E-state index contributed by atoms with van der Waals surface area (Å²) in [6, 6.07) is 13.6. The van der Waals surface area contributed by atoms with Gasteiger partial charge in [0.1, 0.15) is 0 Å². The number of thiazole rings is 1. The molecule has 1 amide bonds. The third kappa shape index (κ3) is 3.84. The lowest BCUT2D eigenvalue weighted by Gasteiger charge is -2.16. The number of anilines is 1. The molecule has 162 valence electrons. The van der Waals surface area contributed by atoms with Crippen LogP contribution in [0.25, 0.3) is 22.0 Å². The van der Waals surface area contributed by atoms with Crippen molar-refractivity contribution in [3.63, 3.8) is 0 Å². The van der Waals surface area contributed by atoms with E-state index in [1.807, 2.05) is 18.4 Å². The van der Waals surface area contributed by atoms with E-state index < -0.39 is 0 Å². The molecule has 0 unspecified atom stereocenters. The molecule has 0 atom stereocenters. The molecule has 2 aromatic carbocycles. The molecule has 1 aliphatic carbocycles. The zero-order chi connectivity index (χ0) is 22.1. The molecule has 0 bridgehead atoms. The van der Waals surface area contributed by atoms with Gasteiger partial charge in [0, 0.05) is 22.9 Å². The molecular formula is C25H24N4O2S. The van der Waals surface area contributed by atoms with E-state index in [-0.39, 0.29) is 17.2 Å². The fourth-order valence-electron chi connectivity index (χ4n) is 4.28. The molecular weight excluding hydrogens is 420 g/mol. The maximum atomic E-state index is 13.1. The van der Waals surface area contributed by atoms with E-state index in [0.29, 0.717) is 22.4 Å². The molecule has 7 heteroatoms. The van der Waals surface area contributed by atoms with Crippen molar-refractivity contribution in [3.8, 4) is 11.3 Å². The van der Waals surface area contributed by atoms with Crippen LogP contribution in [0, 0.1) is 0 Å². The van der Waals surface area contributed by atoms with Crippen LogP contribution < -0.4 is 10.9 Å². The molecule has 0 saturated carbocycles. The van der Waals surface area contributed by atoms with Crippen LogP contribution in [0.15, 0.2) is 52.6 Å². The van der Waals surface area contributed by atoms with E-state index in [1.54, 1.807) is 18.2 Å². The van der Waals surface area contributed by atoms with E-state index in [1.165, 1.54) is 40.0 Å². The van der Waals surface area contributed by atoms with Crippen molar-refractivity contribution in [3.05, 3.63) is 75.0 Å². The Morgan fingerprint density at radius 2 is 1.88 bits per heavy atom. The highest BCUT2D eigenvalue weighted by atomic mass is 32.1. The molecule has 0 aliphatic heterocycles. The van der Waals surface area contributed by atoms with Crippen molar-refractivity contribution >= 4 is 33.1 Å². The second-order valence-electron chi connectivity index (χ2n) is 8.11. The fourth-order valence-corrected chi connectivity index (χ4v) is 4.99. The van der Waals surface area contributed by atoms with E-state index in [0.717, 1.165) is 30.5 Å². The number of nitrogens with zero attached hydrogens (tertiary/aromatic N) is 3. The van der Waals surface area contributed by atoms with Crippen LogP contribution in [0.1, 0.15) is 47.8 Å². The Morgan fingerprint density at radius 1 is 1.09 bits per heavy atom. The van der Waals surface area contributed by atoms with Gasteiger partial charge in [-0.05, 0) is 55.4 Å². The molecule has 1 aliphatic rings. The number of hydrogen-bond acceptors (Lipinski definition) is 5. The fraction of sp³-hybridized carbons (Fsp3) is 0.280. The minimum atomic E-state index is -0.364. The Hall–Kier alpha value is -3.32. The van der Waals surface area contributed by atoms with Gasteiger partial charge in [0.2, 0.25) is 0 Å². The minimum Gasteiger partial charge on any atom is -0.296 e. The first kappa shape index (κ1) is 20.6. The van der Waals surface area contributed by atoms with Gasteiger partial charge >= 0.3 is 0 Å². The Morgan fingerprint density at radius 3 is 2.69 bits per heavy atom. The average Bonchev–Trinajstić information content (AvgIpc) is 3.29. The second-order valence-corrected chi connectivity index (χ2v) is 8.96. The lowest BCUT2D eigenvalue weighted by molar-refractivity contribution is 0.102. The van der Waals surface area contributed by atoms with Gasteiger partial charge in [-0.25, -0.2) is 9.67 Å².